The number of carboxylic acids is 1. The number of carbonyl (C=O) groups is 1. The molecule has 0 amide bonds. The summed E-state index contributed by atoms with van der Waals surface area (Å²) in [6.07, 6.45) is -3.06. The molecular weight excluding hydrogens is 442 g/mol. The van der Waals surface area contributed by atoms with Crippen molar-refractivity contribution >= 4 is 28.1 Å². The monoisotopic (exact) mass is 457 g/mol. The lowest BCUT2D eigenvalue weighted by atomic mass is 10.1. The lowest BCUT2D eigenvalue weighted by Crippen LogP contribution is -2.46. The number of hydrogen-bond donors (Lipinski definition) is 1. The number of thiazole rings is 1. The molecule has 1 saturated heterocycles. The van der Waals surface area contributed by atoms with E-state index in [9.17, 15) is 22.4 Å². The Balaban J connectivity index is 1.42. The summed E-state index contributed by atoms with van der Waals surface area (Å²) >= 11 is 1.29. The van der Waals surface area contributed by atoms with Crippen molar-refractivity contribution in [2.45, 2.75) is 12.7 Å². The number of carboxylic acid groups (broad SMARTS) is 1. The van der Waals surface area contributed by atoms with E-state index < -0.39 is 30.1 Å². The average Bonchev–Trinajstić information content (AvgIpc) is 3.36. The minimum Gasteiger partial charge on any atom is -0.480 e. The zero-order chi connectivity index (χ0) is 22.2. The molecule has 164 valence electrons. The molecule has 0 unspecified atom stereocenters. The van der Waals surface area contributed by atoms with E-state index in [1.54, 1.807) is 11.1 Å². The second-order valence-electron chi connectivity index (χ2n) is 6.71. The molecule has 3 aromatic rings. The first-order valence-electron chi connectivity index (χ1n) is 9.02. The Bertz CT molecular complexity index is 1090. The predicted octanol–water partition coefficient (Wildman–Crippen LogP) is 2.37. The highest BCUT2D eigenvalue weighted by atomic mass is 32.1. The van der Waals surface area contributed by atoms with Gasteiger partial charge >= 0.3 is 12.1 Å². The van der Waals surface area contributed by atoms with Gasteiger partial charge in [0.15, 0.2) is 11.7 Å². The third-order valence-electron chi connectivity index (χ3n) is 4.57. The third-order valence-corrected chi connectivity index (χ3v) is 5.62. The molecule has 14 heteroatoms. The molecule has 0 saturated carbocycles. The van der Waals surface area contributed by atoms with Gasteiger partial charge in [-0.3, -0.25) is 4.79 Å². The van der Waals surface area contributed by atoms with Crippen molar-refractivity contribution in [3.63, 3.8) is 0 Å². The average molecular weight is 457 g/mol. The molecule has 31 heavy (non-hydrogen) atoms. The van der Waals surface area contributed by atoms with E-state index in [-0.39, 0.29) is 11.5 Å². The number of anilines is 2. The number of aliphatic carboxylic acids is 1. The van der Waals surface area contributed by atoms with Crippen molar-refractivity contribution in [3.8, 4) is 10.7 Å². The zero-order valence-corrected chi connectivity index (χ0v) is 16.6. The summed E-state index contributed by atoms with van der Waals surface area (Å²) in [4.78, 5) is 20.3. The maximum atomic E-state index is 13.7. The summed E-state index contributed by atoms with van der Waals surface area (Å²) in [7, 11) is 0. The van der Waals surface area contributed by atoms with Crippen LogP contribution in [0.5, 0.6) is 0 Å². The largest absolute Gasteiger partial charge is 0.480 e. The molecule has 1 fully saturated rings. The number of rotatable bonds is 5. The number of benzene rings is 1. The molecule has 1 aromatic carbocycles. The molecule has 0 bridgehead atoms. The molecule has 0 atom stereocenters. The van der Waals surface area contributed by atoms with Gasteiger partial charge in [-0.15, -0.1) is 10.2 Å². The van der Waals surface area contributed by atoms with Gasteiger partial charge in [-0.2, -0.15) is 18.0 Å². The van der Waals surface area contributed by atoms with E-state index in [2.05, 4.69) is 20.4 Å². The first-order valence-corrected chi connectivity index (χ1v) is 9.84. The minimum absolute atomic E-state index is 0.186. The van der Waals surface area contributed by atoms with Crippen LogP contribution in [0.15, 0.2) is 24.4 Å². The van der Waals surface area contributed by atoms with E-state index >= 15 is 0 Å². The fourth-order valence-electron chi connectivity index (χ4n) is 3.12. The first kappa shape index (κ1) is 21.0. The van der Waals surface area contributed by atoms with Crippen LogP contribution in [0.1, 0.15) is 5.56 Å². The summed E-state index contributed by atoms with van der Waals surface area (Å²) in [6, 6.07) is 2.53. The smallest absolute Gasteiger partial charge is 0.416 e. The molecule has 4 rings (SSSR count). The lowest BCUT2D eigenvalue weighted by molar-refractivity contribution is -0.138. The Morgan fingerprint density at radius 2 is 1.84 bits per heavy atom. The third kappa shape index (κ3) is 4.73. The van der Waals surface area contributed by atoms with Crippen molar-refractivity contribution in [2.24, 2.45) is 0 Å². The second-order valence-corrected chi connectivity index (χ2v) is 7.72. The summed E-state index contributed by atoms with van der Waals surface area (Å²) in [5, 5.41) is 20.9. The van der Waals surface area contributed by atoms with E-state index in [1.807, 2.05) is 4.90 Å². The van der Waals surface area contributed by atoms with Crippen LogP contribution < -0.4 is 9.80 Å². The lowest BCUT2D eigenvalue weighted by Gasteiger charge is -2.36. The normalized spacial score (nSPS) is 14.8. The Morgan fingerprint density at radius 1 is 1.13 bits per heavy atom. The predicted molar refractivity (Wildman–Crippen MR) is 102 cm³/mol. The molecular formula is C17H15F4N7O2S. The van der Waals surface area contributed by atoms with Gasteiger partial charge in [-0.05, 0) is 23.4 Å². The van der Waals surface area contributed by atoms with E-state index in [4.69, 9.17) is 5.11 Å². The Hall–Kier alpha value is -3.29. The number of hydrogen-bond acceptors (Lipinski definition) is 8. The number of aromatic nitrogens is 5. The molecule has 0 spiro atoms. The Labute approximate surface area is 176 Å². The number of nitrogens with zero attached hydrogens (tertiary/aromatic N) is 7. The molecule has 0 radical (unpaired) electrons. The number of alkyl halides is 3. The standard InChI is InChI=1S/C17H15F4N7O2S/c18-11-5-10(17(19,20)21)6-12(7-11)26-1-3-27(4-2-26)16-22-8-13(31-16)15-23-25-28(24-15)9-14(29)30/h5-8H,1-4,9H2,(H,29,30). The Morgan fingerprint density at radius 3 is 2.52 bits per heavy atom. The van der Waals surface area contributed by atoms with Gasteiger partial charge in [0.25, 0.3) is 0 Å². The van der Waals surface area contributed by atoms with E-state index in [1.165, 1.54) is 11.3 Å². The molecule has 1 aliphatic rings. The number of piperazine rings is 1. The maximum absolute atomic E-state index is 13.7. The Kier molecular flexibility index (Phi) is 5.47. The van der Waals surface area contributed by atoms with Gasteiger partial charge in [-0.1, -0.05) is 11.3 Å². The molecule has 1 aliphatic heterocycles. The highest BCUT2D eigenvalue weighted by Crippen LogP contribution is 2.34. The van der Waals surface area contributed by atoms with Crippen LogP contribution >= 0.6 is 11.3 Å². The van der Waals surface area contributed by atoms with E-state index in [0.717, 1.165) is 16.9 Å². The van der Waals surface area contributed by atoms with Gasteiger partial charge in [0.05, 0.1) is 16.6 Å². The molecule has 9 nitrogen and oxygen atoms in total. The van der Waals surface area contributed by atoms with Crippen LogP contribution in [0.4, 0.5) is 28.4 Å². The zero-order valence-electron chi connectivity index (χ0n) is 15.8. The molecule has 2 aromatic heterocycles. The van der Waals surface area contributed by atoms with Gasteiger partial charge in [0.2, 0.25) is 5.82 Å². The van der Waals surface area contributed by atoms with Crippen LogP contribution in [0.3, 0.4) is 0 Å². The summed E-state index contributed by atoms with van der Waals surface area (Å²) in [5.74, 6) is -1.77. The van der Waals surface area contributed by atoms with Crippen molar-refractivity contribution < 1.29 is 27.5 Å². The maximum Gasteiger partial charge on any atom is 0.416 e. The quantitative estimate of drug-likeness (QED) is 0.583. The van der Waals surface area contributed by atoms with Crippen molar-refractivity contribution in [1.29, 1.82) is 0 Å². The minimum atomic E-state index is -4.61. The molecule has 0 aliphatic carbocycles. The van der Waals surface area contributed by atoms with Gasteiger partial charge in [-0.25, -0.2) is 9.37 Å². The van der Waals surface area contributed by atoms with E-state index in [0.29, 0.717) is 42.3 Å². The number of halogens is 4. The number of tetrazole rings is 1. The van der Waals surface area contributed by atoms with Crippen LogP contribution in [0.25, 0.3) is 10.7 Å². The van der Waals surface area contributed by atoms with Crippen molar-refractivity contribution in [3.05, 3.63) is 35.8 Å². The highest BCUT2D eigenvalue weighted by Gasteiger charge is 2.32. The van der Waals surface area contributed by atoms with Crippen LogP contribution in [-0.4, -0.2) is 62.4 Å². The highest BCUT2D eigenvalue weighted by molar-refractivity contribution is 7.18. The second kappa shape index (κ2) is 8.09. The van der Waals surface area contributed by atoms with Crippen molar-refractivity contribution in [1.82, 2.24) is 25.2 Å². The SMILES string of the molecule is O=C(O)Cn1nnc(-c2cnc(N3CCN(c4cc(F)cc(C(F)(F)F)c4)CC3)s2)n1. The molecule has 3 heterocycles. The van der Waals surface area contributed by atoms with Gasteiger partial charge in [0, 0.05) is 31.9 Å². The van der Waals surface area contributed by atoms with Crippen molar-refractivity contribution in [2.75, 3.05) is 36.0 Å². The van der Waals surface area contributed by atoms with Crippen LogP contribution in [0, 0.1) is 5.82 Å². The van der Waals surface area contributed by atoms with Gasteiger partial charge in [0.1, 0.15) is 5.82 Å². The first-order chi connectivity index (χ1) is 14.7. The summed E-state index contributed by atoms with van der Waals surface area (Å²) in [6.45, 7) is 1.33. The van der Waals surface area contributed by atoms with Crippen LogP contribution in [0.2, 0.25) is 0 Å². The van der Waals surface area contributed by atoms with Crippen LogP contribution in [-0.2, 0) is 17.5 Å². The summed E-state index contributed by atoms with van der Waals surface area (Å²) < 4.78 is 52.6. The topological polar surface area (TPSA) is 100 Å². The fraction of sp³-hybridized carbons (Fsp3) is 0.353. The molecule has 1 N–H and O–H groups in total. The fourth-order valence-corrected chi connectivity index (χ4v) is 4.01. The van der Waals surface area contributed by atoms with Gasteiger partial charge < -0.3 is 14.9 Å². The summed E-state index contributed by atoms with van der Waals surface area (Å²) in [5.41, 5.74) is -0.830.